The third kappa shape index (κ3) is 2.98. The van der Waals surface area contributed by atoms with Crippen molar-refractivity contribution in [2.24, 2.45) is 0 Å². The number of halogens is 2. The number of aromatic nitrogens is 1. The molecular formula is C14H16F2N2S. The fourth-order valence-electron chi connectivity index (χ4n) is 1.88. The fourth-order valence-corrected chi connectivity index (χ4v) is 3.14. The van der Waals surface area contributed by atoms with Crippen molar-refractivity contribution in [1.82, 2.24) is 10.3 Å². The van der Waals surface area contributed by atoms with Crippen molar-refractivity contribution in [1.29, 1.82) is 0 Å². The largest absolute Gasteiger partial charge is 0.315 e. The summed E-state index contributed by atoms with van der Waals surface area (Å²) in [5, 5.41) is 3.69. The molecule has 2 nitrogen and oxygen atoms in total. The van der Waals surface area contributed by atoms with Gasteiger partial charge in [-0.2, -0.15) is 0 Å². The Morgan fingerprint density at radius 1 is 1.32 bits per heavy atom. The average Bonchev–Trinajstić information content (AvgIpc) is 2.73. The summed E-state index contributed by atoms with van der Waals surface area (Å²) in [5.74, 6) is -0.866. The molecule has 0 spiro atoms. The quantitative estimate of drug-likeness (QED) is 0.919. The first-order valence-electron chi connectivity index (χ1n) is 6.12. The van der Waals surface area contributed by atoms with E-state index in [9.17, 15) is 8.78 Å². The summed E-state index contributed by atoms with van der Waals surface area (Å²) < 4.78 is 26.7. The smallest absolute Gasteiger partial charge is 0.136 e. The number of nitrogens with zero attached hydrogens (tertiary/aromatic N) is 1. The van der Waals surface area contributed by atoms with Gasteiger partial charge in [-0.1, -0.05) is 13.8 Å². The molecule has 2 rings (SSSR count). The minimum Gasteiger partial charge on any atom is -0.315 e. The predicted molar refractivity (Wildman–Crippen MR) is 74.3 cm³/mol. The van der Waals surface area contributed by atoms with E-state index in [2.05, 4.69) is 24.1 Å². The van der Waals surface area contributed by atoms with Gasteiger partial charge >= 0.3 is 0 Å². The molecule has 19 heavy (non-hydrogen) atoms. The molecular weight excluding hydrogens is 266 g/mol. The Labute approximate surface area is 115 Å². The van der Waals surface area contributed by atoms with Crippen LogP contribution in [0.1, 0.15) is 30.3 Å². The van der Waals surface area contributed by atoms with Crippen molar-refractivity contribution in [3.8, 4) is 10.6 Å². The maximum Gasteiger partial charge on any atom is 0.136 e. The van der Waals surface area contributed by atoms with E-state index in [-0.39, 0.29) is 5.92 Å². The minimum absolute atomic E-state index is 0.275. The van der Waals surface area contributed by atoms with Crippen LogP contribution in [0.4, 0.5) is 8.78 Å². The molecule has 0 radical (unpaired) electrons. The van der Waals surface area contributed by atoms with E-state index in [0.29, 0.717) is 17.1 Å². The molecule has 0 saturated carbocycles. The summed E-state index contributed by atoms with van der Waals surface area (Å²) in [6, 6.07) is 3.59. The lowest BCUT2D eigenvalue weighted by atomic mass is 10.1. The number of rotatable bonds is 4. The Bertz CT molecular complexity index is 579. The van der Waals surface area contributed by atoms with Crippen molar-refractivity contribution in [2.75, 3.05) is 7.05 Å². The van der Waals surface area contributed by atoms with Crippen molar-refractivity contribution < 1.29 is 8.78 Å². The summed E-state index contributed by atoms with van der Waals surface area (Å²) in [6.45, 7) is 4.81. The van der Waals surface area contributed by atoms with Crippen molar-refractivity contribution in [2.45, 2.75) is 26.3 Å². The molecule has 102 valence electrons. The van der Waals surface area contributed by atoms with Crippen LogP contribution >= 0.6 is 11.3 Å². The van der Waals surface area contributed by atoms with Gasteiger partial charge in [-0.15, -0.1) is 11.3 Å². The van der Waals surface area contributed by atoms with Crippen LogP contribution in [-0.2, 0) is 6.54 Å². The predicted octanol–water partition coefficient (Wildman–Crippen LogP) is 3.93. The molecule has 1 aromatic carbocycles. The molecule has 5 heteroatoms. The molecule has 1 aromatic heterocycles. The van der Waals surface area contributed by atoms with Crippen molar-refractivity contribution >= 4 is 11.3 Å². The lowest BCUT2D eigenvalue weighted by Gasteiger charge is -2.03. The first kappa shape index (κ1) is 14.1. The highest BCUT2D eigenvalue weighted by Crippen LogP contribution is 2.33. The number of hydrogen-bond donors (Lipinski definition) is 1. The Morgan fingerprint density at radius 3 is 2.63 bits per heavy atom. The molecule has 0 aliphatic heterocycles. The third-order valence-corrected chi connectivity index (χ3v) is 3.88. The zero-order valence-electron chi connectivity index (χ0n) is 11.1. The minimum atomic E-state index is -0.572. The molecule has 0 amide bonds. The highest BCUT2D eigenvalue weighted by Gasteiger charge is 2.17. The van der Waals surface area contributed by atoms with Crippen LogP contribution in [0.5, 0.6) is 0 Å². The van der Waals surface area contributed by atoms with Gasteiger partial charge in [0, 0.05) is 23.1 Å². The van der Waals surface area contributed by atoms with Crippen LogP contribution in [0.2, 0.25) is 0 Å². The molecule has 1 heterocycles. The summed E-state index contributed by atoms with van der Waals surface area (Å²) in [7, 11) is 1.86. The molecule has 1 N–H and O–H groups in total. The van der Waals surface area contributed by atoms with Crippen LogP contribution in [0.3, 0.4) is 0 Å². The lowest BCUT2D eigenvalue weighted by Crippen LogP contribution is -2.06. The van der Waals surface area contributed by atoms with E-state index in [1.807, 2.05) is 7.05 Å². The molecule has 0 fully saturated rings. The van der Waals surface area contributed by atoms with Gasteiger partial charge in [0.25, 0.3) is 0 Å². The summed E-state index contributed by atoms with van der Waals surface area (Å²) in [4.78, 5) is 5.60. The van der Waals surface area contributed by atoms with Crippen LogP contribution < -0.4 is 5.32 Å². The van der Waals surface area contributed by atoms with Crippen molar-refractivity contribution in [3.63, 3.8) is 0 Å². The number of benzene rings is 1. The van der Waals surface area contributed by atoms with Gasteiger partial charge in [0.15, 0.2) is 0 Å². The van der Waals surface area contributed by atoms with E-state index < -0.39 is 11.6 Å². The van der Waals surface area contributed by atoms with Gasteiger partial charge < -0.3 is 5.32 Å². The Hall–Kier alpha value is -1.33. The molecule has 0 aliphatic rings. The van der Waals surface area contributed by atoms with Crippen LogP contribution in [0.25, 0.3) is 10.6 Å². The van der Waals surface area contributed by atoms with Gasteiger partial charge in [0.05, 0.1) is 5.69 Å². The first-order chi connectivity index (χ1) is 9.02. The van der Waals surface area contributed by atoms with E-state index in [1.165, 1.54) is 23.5 Å². The second-order valence-electron chi connectivity index (χ2n) is 4.64. The number of thiazole rings is 1. The molecule has 0 saturated heterocycles. The van der Waals surface area contributed by atoms with Gasteiger partial charge in [0.2, 0.25) is 0 Å². The van der Waals surface area contributed by atoms with E-state index in [4.69, 9.17) is 0 Å². The molecule has 0 bridgehead atoms. The lowest BCUT2D eigenvalue weighted by molar-refractivity contribution is 0.585. The van der Waals surface area contributed by atoms with Crippen LogP contribution in [0.15, 0.2) is 18.2 Å². The summed E-state index contributed by atoms with van der Waals surface area (Å²) >= 11 is 1.45. The molecule has 0 aliphatic carbocycles. The zero-order valence-corrected chi connectivity index (χ0v) is 11.9. The SMILES string of the molecule is CNCc1sc(-c2ccc(F)cc2F)nc1C(C)C. The highest BCUT2D eigenvalue weighted by atomic mass is 32.1. The second kappa shape index (κ2) is 5.75. The van der Waals surface area contributed by atoms with E-state index in [0.717, 1.165) is 16.6 Å². The summed E-state index contributed by atoms with van der Waals surface area (Å²) in [5.41, 5.74) is 1.33. The Balaban J connectivity index is 2.47. The zero-order chi connectivity index (χ0) is 14.0. The van der Waals surface area contributed by atoms with Crippen molar-refractivity contribution in [3.05, 3.63) is 40.4 Å². The van der Waals surface area contributed by atoms with Crippen LogP contribution in [0, 0.1) is 11.6 Å². The Morgan fingerprint density at radius 2 is 2.05 bits per heavy atom. The van der Waals surface area contributed by atoms with Gasteiger partial charge in [0.1, 0.15) is 16.6 Å². The van der Waals surface area contributed by atoms with E-state index in [1.54, 1.807) is 0 Å². The normalized spacial score (nSPS) is 11.3. The standard InChI is InChI=1S/C14H16F2N2S/c1-8(2)13-12(7-17-3)19-14(18-13)10-5-4-9(15)6-11(10)16/h4-6,8,17H,7H2,1-3H3. The first-order valence-corrected chi connectivity index (χ1v) is 6.94. The topological polar surface area (TPSA) is 24.9 Å². The maximum absolute atomic E-state index is 13.8. The molecule has 0 unspecified atom stereocenters. The maximum atomic E-state index is 13.8. The van der Waals surface area contributed by atoms with E-state index >= 15 is 0 Å². The fraction of sp³-hybridized carbons (Fsp3) is 0.357. The average molecular weight is 282 g/mol. The monoisotopic (exact) mass is 282 g/mol. The summed E-state index contributed by atoms with van der Waals surface area (Å²) in [6.07, 6.45) is 0. The van der Waals surface area contributed by atoms with Gasteiger partial charge in [-0.25, -0.2) is 13.8 Å². The van der Waals surface area contributed by atoms with Gasteiger partial charge in [-0.3, -0.25) is 0 Å². The van der Waals surface area contributed by atoms with Crippen LogP contribution in [-0.4, -0.2) is 12.0 Å². The highest BCUT2D eigenvalue weighted by molar-refractivity contribution is 7.15. The Kier molecular flexibility index (Phi) is 4.27. The molecule has 2 aromatic rings. The number of hydrogen-bond acceptors (Lipinski definition) is 3. The molecule has 0 atom stereocenters. The second-order valence-corrected chi connectivity index (χ2v) is 5.72. The number of nitrogens with one attached hydrogen (secondary N) is 1. The van der Waals surface area contributed by atoms with Gasteiger partial charge in [-0.05, 0) is 25.1 Å². The third-order valence-electron chi connectivity index (χ3n) is 2.77.